The fourth-order valence-corrected chi connectivity index (χ4v) is 5.35. The number of hydrogen-bond acceptors (Lipinski definition) is 6. The van der Waals surface area contributed by atoms with Crippen molar-refractivity contribution in [2.45, 2.75) is 31.6 Å². The zero-order valence-electron chi connectivity index (χ0n) is 19.9. The molecule has 0 fully saturated rings. The number of rotatable bonds is 9. The van der Waals surface area contributed by atoms with Crippen LogP contribution < -0.4 is 14.4 Å². The number of nitrogens with zero attached hydrogens (tertiary/aromatic N) is 1. The van der Waals surface area contributed by atoms with E-state index in [2.05, 4.69) is 5.32 Å². The van der Waals surface area contributed by atoms with Gasteiger partial charge < -0.3 is 14.8 Å². The van der Waals surface area contributed by atoms with Gasteiger partial charge in [-0.15, -0.1) is 0 Å². The second-order valence-electron chi connectivity index (χ2n) is 8.40. The molecule has 3 aromatic carbocycles. The standard InChI is InChI=1S/C27H28N2O6S/c1-2-3-17-34-27(31)21-13-15-22(16-14-21)28-26(30)25-18-29(23-11-7-8-12-24(23)35-25)36(32,33)19-20-9-5-4-6-10-20/h4-16,25H,2-3,17-19H2,1H3,(H,28,30). The second kappa shape index (κ2) is 11.3. The average Bonchev–Trinajstić information content (AvgIpc) is 2.89. The Bertz CT molecular complexity index is 1310. The molecule has 0 bridgehead atoms. The molecule has 0 saturated heterocycles. The van der Waals surface area contributed by atoms with Crippen LogP contribution >= 0.6 is 0 Å². The quantitative estimate of drug-likeness (QED) is 0.340. The van der Waals surface area contributed by atoms with Gasteiger partial charge in [-0.1, -0.05) is 55.8 Å². The van der Waals surface area contributed by atoms with E-state index in [4.69, 9.17) is 9.47 Å². The molecule has 1 aliphatic rings. The number of ether oxygens (including phenoxy) is 2. The average molecular weight is 509 g/mol. The van der Waals surface area contributed by atoms with E-state index in [1.54, 1.807) is 72.8 Å². The summed E-state index contributed by atoms with van der Waals surface area (Å²) < 4.78 is 39.0. The maximum absolute atomic E-state index is 13.3. The summed E-state index contributed by atoms with van der Waals surface area (Å²) in [6.45, 7) is 2.20. The number of benzene rings is 3. The number of unbranched alkanes of at least 4 members (excludes halogenated alkanes) is 1. The molecule has 1 amide bonds. The van der Waals surface area contributed by atoms with E-state index in [0.717, 1.165) is 12.8 Å². The van der Waals surface area contributed by atoms with Crippen molar-refractivity contribution in [2.75, 3.05) is 22.8 Å². The number of carbonyl (C=O) groups is 2. The highest BCUT2D eigenvalue weighted by molar-refractivity contribution is 7.92. The maximum atomic E-state index is 13.3. The molecule has 4 rings (SSSR count). The first-order chi connectivity index (χ1) is 17.4. The predicted octanol–water partition coefficient (Wildman–Crippen LogP) is 4.38. The van der Waals surface area contributed by atoms with Gasteiger partial charge in [0.15, 0.2) is 6.10 Å². The van der Waals surface area contributed by atoms with Crippen molar-refractivity contribution in [3.63, 3.8) is 0 Å². The third-order valence-corrected chi connectivity index (χ3v) is 7.39. The summed E-state index contributed by atoms with van der Waals surface area (Å²) in [5.74, 6) is -0.812. The smallest absolute Gasteiger partial charge is 0.338 e. The van der Waals surface area contributed by atoms with E-state index in [-0.39, 0.29) is 12.3 Å². The van der Waals surface area contributed by atoms with E-state index in [1.807, 2.05) is 13.0 Å². The Morgan fingerprint density at radius 2 is 1.69 bits per heavy atom. The highest BCUT2D eigenvalue weighted by atomic mass is 32.2. The van der Waals surface area contributed by atoms with E-state index in [9.17, 15) is 18.0 Å². The molecule has 9 heteroatoms. The molecule has 1 heterocycles. The summed E-state index contributed by atoms with van der Waals surface area (Å²) in [6, 6.07) is 21.9. The van der Waals surface area contributed by atoms with Crippen molar-refractivity contribution in [1.29, 1.82) is 0 Å². The number of anilines is 2. The van der Waals surface area contributed by atoms with Crippen LogP contribution in [0.25, 0.3) is 0 Å². The van der Waals surface area contributed by atoms with Crippen LogP contribution in [0.15, 0.2) is 78.9 Å². The minimum atomic E-state index is -3.79. The van der Waals surface area contributed by atoms with Crippen LogP contribution in [0.2, 0.25) is 0 Å². The summed E-state index contributed by atoms with van der Waals surface area (Å²) in [6.07, 6.45) is 0.656. The molecule has 36 heavy (non-hydrogen) atoms. The Balaban J connectivity index is 1.48. The topological polar surface area (TPSA) is 102 Å². The van der Waals surface area contributed by atoms with E-state index in [0.29, 0.717) is 34.9 Å². The highest BCUT2D eigenvalue weighted by Crippen LogP contribution is 2.36. The Kier molecular flexibility index (Phi) is 7.90. The van der Waals surface area contributed by atoms with Gasteiger partial charge in [-0.25, -0.2) is 13.2 Å². The molecule has 0 spiro atoms. The van der Waals surface area contributed by atoms with E-state index in [1.165, 1.54) is 4.31 Å². The van der Waals surface area contributed by atoms with Crippen molar-refractivity contribution >= 4 is 33.3 Å². The van der Waals surface area contributed by atoms with Crippen LogP contribution in [0.1, 0.15) is 35.7 Å². The van der Waals surface area contributed by atoms with Gasteiger partial charge in [0, 0.05) is 5.69 Å². The van der Waals surface area contributed by atoms with Crippen LogP contribution in [0.4, 0.5) is 11.4 Å². The molecule has 0 aliphatic carbocycles. The van der Waals surface area contributed by atoms with Crippen molar-refractivity contribution < 1.29 is 27.5 Å². The molecule has 0 aromatic heterocycles. The fraction of sp³-hybridized carbons (Fsp3) is 0.259. The zero-order chi connectivity index (χ0) is 25.5. The SMILES string of the molecule is CCCCOC(=O)c1ccc(NC(=O)C2CN(S(=O)(=O)Cc3ccccc3)c3ccccc3O2)cc1. The van der Waals surface area contributed by atoms with E-state index >= 15 is 0 Å². The highest BCUT2D eigenvalue weighted by Gasteiger charge is 2.36. The van der Waals surface area contributed by atoms with Gasteiger partial charge in [0.2, 0.25) is 10.0 Å². The summed E-state index contributed by atoms with van der Waals surface area (Å²) in [5, 5.41) is 2.75. The van der Waals surface area contributed by atoms with Gasteiger partial charge >= 0.3 is 5.97 Å². The number of hydrogen-bond donors (Lipinski definition) is 1. The van der Waals surface area contributed by atoms with Gasteiger partial charge in [0.25, 0.3) is 5.91 Å². The number of sulfonamides is 1. The van der Waals surface area contributed by atoms with Crippen molar-refractivity contribution in [1.82, 2.24) is 0 Å². The first-order valence-electron chi connectivity index (χ1n) is 11.8. The third-order valence-electron chi connectivity index (χ3n) is 5.67. The Hall–Kier alpha value is -3.85. The maximum Gasteiger partial charge on any atom is 0.338 e. The van der Waals surface area contributed by atoms with Crippen LogP contribution in [0.3, 0.4) is 0 Å². The minimum Gasteiger partial charge on any atom is -0.476 e. The Morgan fingerprint density at radius 1 is 1.00 bits per heavy atom. The summed E-state index contributed by atoms with van der Waals surface area (Å²) >= 11 is 0. The van der Waals surface area contributed by atoms with Crippen LogP contribution in [0, 0.1) is 0 Å². The number of para-hydroxylation sites is 2. The fourth-order valence-electron chi connectivity index (χ4n) is 3.77. The molecule has 0 saturated carbocycles. The van der Waals surface area contributed by atoms with Gasteiger partial charge in [0.05, 0.1) is 30.2 Å². The van der Waals surface area contributed by atoms with Crippen molar-refractivity contribution in [3.05, 3.63) is 90.0 Å². The summed E-state index contributed by atoms with van der Waals surface area (Å²) in [7, 11) is -3.79. The van der Waals surface area contributed by atoms with Crippen molar-refractivity contribution in [2.24, 2.45) is 0 Å². The largest absolute Gasteiger partial charge is 0.476 e. The first kappa shape index (κ1) is 25.2. The van der Waals surface area contributed by atoms with Gasteiger partial charge in [-0.3, -0.25) is 9.10 Å². The molecule has 0 radical (unpaired) electrons. The lowest BCUT2D eigenvalue weighted by molar-refractivity contribution is -0.122. The van der Waals surface area contributed by atoms with Gasteiger partial charge in [0.1, 0.15) is 5.75 Å². The van der Waals surface area contributed by atoms with Crippen LogP contribution in [-0.4, -0.2) is 39.5 Å². The normalized spacial score (nSPS) is 14.9. The predicted molar refractivity (Wildman–Crippen MR) is 138 cm³/mol. The van der Waals surface area contributed by atoms with Gasteiger partial charge in [-0.05, 0) is 48.4 Å². The lowest BCUT2D eigenvalue weighted by Crippen LogP contribution is -2.49. The molecule has 1 unspecified atom stereocenters. The number of fused-ring (bicyclic) bond motifs is 1. The Morgan fingerprint density at radius 3 is 2.42 bits per heavy atom. The lowest BCUT2D eigenvalue weighted by Gasteiger charge is -2.34. The molecule has 8 nitrogen and oxygen atoms in total. The first-order valence-corrected chi connectivity index (χ1v) is 13.4. The minimum absolute atomic E-state index is 0.167. The van der Waals surface area contributed by atoms with Gasteiger partial charge in [-0.2, -0.15) is 0 Å². The lowest BCUT2D eigenvalue weighted by atomic mass is 10.2. The Labute approximate surface area is 210 Å². The summed E-state index contributed by atoms with van der Waals surface area (Å²) in [5.41, 5.74) is 1.87. The molecule has 188 valence electrons. The second-order valence-corrected chi connectivity index (χ2v) is 10.3. The molecule has 1 atom stereocenters. The molecule has 1 aliphatic heterocycles. The monoisotopic (exact) mass is 508 g/mol. The molecular weight excluding hydrogens is 480 g/mol. The number of nitrogens with one attached hydrogen (secondary N) is 1. The van der Waals surface area contributed by atoms with E-state index < -0.39 is 28.0 Å². The third kappa shape index (κ3) is 6.04. The van der Waals surface area contributed by atoms with Crippen LogP contribution in [-0.2, 0) is 25.3 Å². The summed E-state index contributed by atoms with van der Waals surface area (Å²) in [4.78, 5) is 25.1. The molecule has 1 N–H and O–H groups in total. The molecular formula is C27H28N2O6S. The van der Waals surface area contributed by atoms with Crippen molar-refractivity contribution in [3.8, 4) is 5.75 Å². The molecule has 3 aromatic rings. The van der Waals surface area contributed by atoms with Crippen LogP contribution in [0.5, 0.6) is 5.75 Å². The number of amides is 1. The number of carbonyl (C=O) groups excluding carboxylic acids is 2. The number of esters is 1. The zero-order valence-corrected chi connectivity index (χ0v) is 20.7.